The number of nitrogens with one attached hydrogen (secondary N) is 1. The Morgan fingerprint density at radius 3 is 2.41 bits per heavy atom. The van der Waals surface area contributed by atoms with Crippen LogP contribution in [0.1, 0.15) is 11.1 Å². The zero-order valence-corrected chi connectivity index (χ0v) is 18.9. The molecule has 4 rings (SSSR count). The fourth-order valence-corrected chi connectivity index (χ4v) is 5.50. The van der Waals surface area contributed by atoms with Crippen LogP contribution in [-0.4, -0.2) is 25.4 Å². The van der Waals surface area contributed by atoms with Crippen LogP contribution in [0.3, 0.4) is 0 Å². The van der Waals surface area contributed by atoms with Gasteiger partial charge in [0.15, 0.2) is 9.84 Å². The van der Waals surface area contributed by atoms with E-state index in [9.17, 15) is 13.2 Å². The van der Waals surface area contributed by atoms with Gasteiger partial charge >= 0.3 is 0 Å². The van der Waals surface area contributed by atoms with Crippen LogP contribution < -0.4 is 5.32 Å². The minimum Gasteiger partial charge on any atom is -0.354 e. The summed E-state index contributed by atoms with van der Waals surface area (Å²) >= 11 is 6.01. The smallest absolute Gasteiger partial charge is 0.239 e. The Bertz CT molecular complexity index is 1350. The molecule has 0 radical (unpaired) electrons. The fraction of sp³-hybridized carbons (Fsp3) is 0.160. The summed E-state index contributed by atoms with van der Waals surface area (Å²) in [6.45, 7) is 0.559. The molecule has 1 amide bonds. The highest BCUT2D eigenvalue weighted by Gasteiger charge is 2.22. The summed E-state index contributed by atoms with van der Waals surface area (Å²) in [5.74, 6) is -0.328. The lowest BCUT2D eigenvalue weighted by atomic mass is 10.1. The molecule has 3 aromatic carbocycles. The number of fused-ring (bicyclic) bond motifs is 1. The van der Waals surface area contributed by atoms with Crippen LogP contribution in [0.2, 0.25) is 5.02 Å². The second-order valence-electron chi connectivity index (χ2n) is 7.61. The molecule has 0 fully saturated rings. The minimum atomic E-state index is -3.64. The van der Waals surface area contributed by atoms with E-state index in [0.29, 0.717) is 28.0 Å². The quantitative estimate of drug-likeness (QED) is 0.411. The summed E-state index contributed by atoms with van der Waals surface area (Å²) in [7, 11) is -3.64. The van der Waals surface area contributed by atoms with Crippen molar-refractivity contribution in [3.63, 3.8) is 0 Å². The summed E-state index contributed by atoms with van der Waals surface area (Å²) in [6.07, 6.45) is 2.29. The molecule has 0 spiro atoms. The maximum Gasteiger partial charge on any atom is 0.239 e. The van der Waals surface area contributed by atoms with Crippen LogP contribution in [0.15, 0.2) is 90.0 Å². The number of aromatic nitrogens is 1. The second kappa shape index (κ2) is 9.59. The molecular formula is C25H23ClN2O3S. The highest BCUT2D eigenvalue weighted by atomic mass is 35.5. The number of hydrogen-bond donors (Lipinski definition) is 1. The van der Waals surface area contributed by atoms with Crippen molar-refractivity contribution in [1.82, 2.24) is 9.88 Å². The van der Waals surface area contributed by atoms with Gasteiger partial charge in [0.05, 0.1) is 10.6 Å². The van der Waals surface area contributed by atoms with Crippen molar-refractivity contribution in [3.8, 4) is 0 Å². The maximum absolute atomic E-state index is 13.2. The van der Waals surface area contributed by atoms with Crippen molar-refractivity contribution in [1.29, 1.82) is 0 Å². The molecule has 0 aliphatic rings. The monoisotopic (exact) mass is 466 g/mol. The molecule has 1 aromatic heterocycles. The van der Waals surface area contributed by atoms with E-state index < -0.39 is 9.84 Å². The van der Waals surface area contributed by atoms with Gasteiger partial charge < -0.3 is 9.88 Å². The molecule has 0 saturated heterocycles. The first-order valence-corrected chi connectivity index (χ1v) is 12.3. The van der Waals surface area contributed by atoms with Gasteiger partial charge in [0.2, 0.25) is 5.91 Å². The van der Waals surface area contributed by atoms with Gasteiger partial charge in [-0.15, -0.1) is 0 Å². The SMILES string of the molecule is O=C(Cn1cc(S(=O)(=O)Cc2cccc(Cl)c2)c2ccccc21)NCCc1ccccc1. The average molecular weight is 467 g/mol. The maximum atomic E-state index is 13.2. The summed E-state index contributed by atoms with van der Waals surface area (Å²) in [5, 5.41) is 4.01. The van der Waals surface area contributed by atoms with E-state index in [1.807, 2.05) is 42.5 Å². The Balaban J connectivity index is 1.52. The lowest BCUT2D eigenvalue weighted by Crippen LogP contribution is -2.29. The largest absolute Gasteiger partial charge is 0.354 e. The van der Waals surface area contributed by atoms with E-state index >= 15 is 0 Å². The first-order chi connectivity index (χ1) is 15.4. The standard InChI is InChI=1S/C25H23ClN2O3S/c26-21-10-6-9-20(15-21)18-32(30,31)24-16-28(23-12-5-4-11-22(23)24)17-25(29)27-14-13-19-7-2-1-3-8-19/h1-12,15-16H,13-14,17-18H2,(H,27,29). The van der Waals surface area contributed by atoms with E-state index in [4.69, 9.17) is 11.6 Å². The van der Waals surface area contributed by atoms with Gasteiger partial charge in [-0.05, 0) is 35.7 Å². The third-order valence-electron chi connectivity index (χ3n) is 5.23. The van der Waals surface area contributed by atoms with Gasteiger partial charge in [0, 0.05) is 28.7 Å². The second-order valence-corrected chi connectivity index (χ2v) is 10.0. The third-order valence-corrected chi connectivity index (χ3v) is 7.17. The number of amides is 1. The first kappa shape index (κ1) is 22.1. The average Bonchev–Trinajstić information content (AvgIpc) is 3.14. The highest BCUT2D eigenvalue weighted by molar-refractivity contribution is 7.90. The van der Waals surface area contributed by atoms with Gasteiger partial charge in [-0.1, -0.05) is 72.3 Å². The predicted molar refractivity (Wildman–Crippen MR) is 127 cm³/mol. The van der Waals surface area contributed by atoms with Crippen molar-refractivity contribution < 1.29 is 13.2 Å². The van der Waals surface area contributed by atoms with E-state index in [2.05, 4.69) is 5.32 Å². The molecule has 1 heterocycles. The Morgan fingerprint density at radius 1 is 0.906 bits per heavy atom. The molecule has 7 heteroatoms. The van der Waals surface area contributed by atoms with Gasteiger partial charge in [-0.25, -0.2) is 8.42 Å². The number of rotatable bonds is 8. The molecule has 1 N–H and O–H groups in total. The zero-order valence-electron chi connectivity index (χ0n) is 17.4. The van der Waals surface area contributed by atoms with Crippen molar-refractivity contribution in [2.75, 3.05) is 6.54 Å². The van der Waals surface area contributed by atoms with Crippen LogP contribution in [0, 0.1) is 0 Å². The minimum absolute atomic E-state index is 0.0436. The summed E-state index contributed by atoms with van der Waals surface area (Å²) in [6, 6.07) is 24.0. The number of hydrogen-bond acceptors (Lipinski definition) is 3. The van der Waals surface area contributed by atoms with Crippen molar-refractivity contribution in [2.24, 2.45) is 0 Å². The molecule has 5 nitrogen and oxygen atoms in total. The summed E-state index contributed by atoms with van der Waals surface area (Å²) in [4.78, 5) is 12.8. The molecule has 4 aromatic rings. The van der Waals surface area contributed by atoms with Crippen LogP contribution in [0.25, 0.3) is 10.9 Å². The molecule has 164 valence electrons. The topological polar surface area (TPSA) is 68.2 Å². The van der Waals surface area contributed by atoms with Crippen molar-refractivity contribution >= 4 is 38.2 Å². The molecule has 0 aliphatic carbocycles. The Labute approximate surface area is 192 Å². The van der Waals surface area contributed by atoms with Gasteiger partial charge in [-0.3, -0.25) is 4.79 Å². The molecule has 0 bridgehead atoms. The zero-order chi connectivity index (χ0) is 22.6. The number of sulfone groups is 1. The van der Waals surface area contributed by atoms with Crippen molar-refractivity contribution in [3.05, 3.63) is 101 Å². The number of halogens is 1. The number of benzene rings is 3. The van der Waals surface area contributed by atoms with Crippen LogP contribution in [0.5, 0.6) is 0 Å². The predicted octanol–water partition coefficient (Wildman–Crippen LogP) is 4.63. The number of carbonyl (C=O) groups is 1. The lowest BCUT2D eigenvalue weighted by molar-refractivity contribution is -0.121. The first-order valence-electron chi connectivity index (χ1n) is 10.3. The lowest BCUT2D eigenvalue weighted by Gasteiger charge is -2.07. The highest BCUT2D eigenvalue weighted by Crippen LogP contribution is 2.28. The van der Waals surface area contributed by atoms with E-state index in [1.54, 1.807) is 47.2 Å². The third kappa shape index (κ3) is 5.21. The number of nitrogens with zero attached hydrogens (tertiary/aromatic N) is 1. The van der Waals surface area contributed by atoms with Crippen LogP contribution in [-0.2, 0) is 33.4 Å². The van der Waals surface area contributed by atoms with Crippen molar-refractivity contribution in [2.45, 2.75) is 23.6 Å². The van der Waals surface area contributed by atoms with Crippen LogP contribution in [0.4, 0.5) is 0 Å². The Hall–Kier alpha value is -3.09. The van der Waals surface area contributed by atoms with Crippen LogP contribution >= 0.6 is 11.6 Å². The fourth-order valence-electron chi connectivity index (χ4n) is 3.72. The van der Waals surface area contributed by atoms with E-state index in [-0.39, 0.29) is 23.1 Å². The number of para-hydroxylation sites is 1. The Morgan fingerprint density at radius 2 is 1.62 bits per heavy atom. The summed E-state index contributed by atoms with van der Waals surface area (Å²) in [5.41, 5.74) is 2.47. The van der Waals surface area contributed by atoms with E-state index in [1.165, 1.54) is 0 Å². The molecular weight excluding hydrogens is 444 g/mol. The molecule has 32 heavy (non-hydrogen) atoms. The van der Waals surface area contributed by atoms with Gasteiger partial charge in [0.1, 0.15) is 6.54 Å². The molecule has 0 saturated carbocycles. The van der Waals surface area contributed by atoms with E-state index in [0.717, 1.165) is 12.0 Å². The normalized spacial score (nSPS) is 11.5. The summed E-state index contributed by atoms with van der Waals surface area (Å²) < 4.78 is 28.1. The molecule has 0 unspecified atom stereocenters. The Kier molecular flexibility index (Phi) is 6.63. The van der Waals surface area contributed by atoms with Gasteiger partial charge in [-0.2, -0.15) is 0 Å². The number of carbonyl (C=O) groups excluding carboxylic acids is 1. The molecule has 0 aliphatic heterocycles. The molecule has 0 atom stereocenters. The van der Waals surface area contributed by atoms with Gasteiger partial charge in [0.25, 0.3) is 0 Å².